The number of aromatic amines is 1. The lowest BCUT2D eigenvalue weighted by molar-refractivity contribution is -0.275. The molecule has 1 unspecified atom stereocenters. The second-order valence-corrected chi connectivity index (χ2v) is 7.18. The normalized spacial score (nSPS) is 15.1. The molecule has 2 aromatic heterocycles. The number of rotatable bonds is 3. The van der Waals surface area contributed by atoms with Crippen molar-refractivity contribution < 1.29 is 31.8 Å². The lowest BCUT2D eigenvalue weighted by Gasteiger charge is -2.25. The third kappa shape index (κ3) is 6.45. The number of nitrogens with zero attached hydrogens (tertiary/aromatic N) is 1. The zero-order valence-electron chi connectivity index (χ0n) is 15.7. The third-order valence-corrected chi connectivity index (χ3v) is 4.51. The van der Waals surface area contributed by atoms with Gasteiger partial charge in [0.2, 0.25) is 0 Å². The number of para-hydroxylation sites is 1. The molecule has 1 aromatic carbocycles. The minimum atomic E-state index is -4.85. The van der Waals surface area contributed by atoms with Gasteiger partial charge in [-0.15, -0.1) is 13.2 Å². The van der Waals surface area contributed by atoms with Crippen molar-refractivity contribution in [3.05, 3.63) is 76.5 Å². The van der Waals surface area contributed by atoms with Crippen LogP contribution in [-0.4, -0.2) is 28.8 Å². The van der Waals surface area contributed by atoms with E-state index in [1.165, 1.54) is 12.1 Å². The van der Waals surface area contributed by atoms with Gasteiger partial charge < -0.3 is 19.8 Å². The summed E-state index contributed by atoms with van der Waals surface area (Å²) in [5, 5.41) is 2.97. The van der Waals surface area contributed by atoms with Gasteiger partial charge in [0.05, 0.1) is 12.6 Å². The summed E-state index contributed by atoms with van der Waals surface area (Å²) >= 11 is 3.31. The predicted octanol–water partition coefficient (Wildman–Crippen LogP) is 5.15. The number of halogens is 5. The lowest BCUT2D eigenvalue weighted by atomic mass is 10.1. The molecule has 1 atom stereocenters. The molecule has 4 rings (SSSR count). The molecular weight excluding hydrogens is 486 g/mol. The van der Waals surface area contributed by atoms with Crippen molar-refractivity contribution in [1.29, 1.82) is 0 Å². The van der Waals surface area contributed by atoms with E-state index in [0.717, 1.165) is 34.5 Å². The summed E-state index contributed by atoms with van der Waals surface area (Å²) in [5.74, 6) is -1.25. The quantitative estimate of drug-likeness (QED) is 0.486. The standard InChI is InChI=1S/C13H12BrN3O2.C7H4F4O/c14-8-6-10(16-7-8)13(18)17-9-3-5-19-11-2-1-4-15-12(9)11;8-5-3-1-2-4-6(5)12-7(9,10)11/h1-2,4,6-7,9,16H,3,5H2,(H,17,18);1-4H. The van der Waals surface area contributed by atoms with Gasteiger partial charge in [-0.1, -0.05) is 12.1 Å². The Hall–Kier alpha value is -3.08. The number of fused-ring (bicyclic) bond motifs is 1. The first kappa shape index (κ1) is 22.6. The van der Waals surface area contributed by atoms with Gasteiger partial charge in [-0.3, -0.25) is 9.78 Å². The number of ether oxygens (including phenoxy) is 2. The predicted molar refractivity (Wildman–Crippen MR) is 106 cm³/mol. The molecule has 0 fully saturated rings. The van der Waals surface area contributed by atoms with Crippen molar-refractivity contribution in [2.75, 3.05) is 6.61 Å². The van der Waals surface area contributed by atoms with E-state index in [0.29, 0.717) is 12.3 Å². The summed E-state index contributed by atoms with van der Waals surface area (Å²) in [7, 11) is 0. The van der Waals surface area contributed by atoms with Gasteiger partial charge in [0.15, 0.2) is 11.6 Å². The molecule has 0 radical (unpaired) electrons. The van der Waals surface area contributed by atoms with Gasteiger partial charge in [-0.2, -0.15) is 0 Å². The van der Waals surface area contributed by atoms with E-state index < -0.39 is 17.9 Å². The summed E-state index contributed by atoms with van der Waals surface area (Å²) in [6.45, 7) is 0.581. The molecule has 6 nitrogen and oxygen atoms in total. The number of hydrogen-bond donors (Lipinski definition) is 2. The van der Waals surface area contributed by atoms with Crippen LogP contribution >= 0.6 is 15.9 Å². The first-order chi connectivity index (χ1) is 14.7. The molecule has 31 heavy (non-hydrogen) atoms. The van der Waals surface area contributed by atoms with E-state index in [2.05, 4.69) is 36.0 Å². The summed E-state index contributed by atoms with van der Waals surface area (Å²) < 4.78 is 56.8. The SMILES string of the molecule is Fc1ccccc1OC(F)(F)F.O=C(NC1CCOc2cccnc21)c1cc(Br)c[nH]1. The number of nitrogens with one attached hydrogen (secondary N) is 2. The maximum Gasteiger partial charge on any atom is 0.573 e. The average Bonchev–Trinajstić information content (AvgIpc) is 3.16. The van der Waals surface area contributed by atoms with E-state index in [4.69, 9.17) is 4.74 Å². The smallest absolute Gasteiger partial charge is 0.491 e. The van der Waals surface area contributed by atoms with Crippen LogP contribution in [0.4, 0.5) is 17.6 Å². The van der Waals surface area contributed by atoms with Crippen molar-refractivity contribution >= 4 is 21.8 Å². The second-order valence-electron chi connectivity index (χ2n) is 6.26. The summed E-state index contributed by atoms with van der Waals surface area (Å²) in [6.07, 6.45) is -0.692. The molecule has 0 saturated carbocycles. The molecule has 3 heterocycles. The van der Waals surface area contributed by atoms with Crippen LogP contribution in [0.15, 0.2) is 59.3 Å². The minimum absolute atomic E-state index is 0.112. The number of benzene rings is 1. The fourth-order valence-corrected chi connectivity index (χ4v) is 3.08. The molecule has 3 aromatic rings. The molecule has 164 valence electrons. The largest absolute Gasteiger partial charge is 0.573 e. The Morgan fingerprint density at radius 1 is 1.26 bits per heavy atom. The van der Waals surface area contributed by atoms with Gasteiger partial charge >= 0.3 is 6.36 Å². The van der Waals surface area contributed by atoms with Gasteiger partial charge in [-0.05, 0) is 46.3 Å². The van der Waals surface area contributed by atoms with E-state index in [-0.39, 0.29) is 11.9 Å². The Morgan fingerprint density at radius 2 is 2.03 bits per heavy atom. The molecule has 1 aliphatic rings. The van der Waals surface area contributed by atoms with Crippen LogP contribution in [0.25, 0.3) is 0 Å². The maximum atomic E-state index is 12.5. The summed E-state index contributed by atoms with van der Waals surface area (Å²) in [5.41, 5.74) is 1.31. The molecule has 1 aliphatic heterocycles. The number of alkyl halides is 3. The van der Waals surface area contributed by atoms with Crippen molar-refractivity contribution in [2.45, 2.75) is 18.8 Å². The highest BCUT2D eigenvalue weighted by atomic mass is 79.9. The molecule has 2 N–H and O–H groups in total. The maximum absolute atomic E-state index is 12.5. The number of carbonyl (C=O) groups is 1. The molecule has 0 bridgehead atoms. The number of pyridine rings is 1. The topological polar surface area (TPSA) is 76.2 Å². The van der Waals surface area contributed by atoms with Crippen LogP contribution in [-0.2, 0) is 0 Å². The van der Waals surface area contributed by atoms with Crippen molar-refractivity contribution in [3.63, 3.8) is 0 Å². The van der Waals surface area contributed by atoms with Crippen LogP contribution in [0.2, 0.25) is 0 Å². The zero-order chi connectivity index (χ0) is 22.4. The highest BCUT2D eigenvalue weighted by Gasteiger charge is 2.32. The molecule has 0 saturated heterocycles. The van der Waals surface area contributed by atoms with Crippen LogP contribution in [0.1, 0.15) is 28.6 Å². The molecule has 1 amide bonds. The highest BCUT2D eigenvalue weighted by molar-refractivity contribution is 9.10. The van der Waals surface area contributed by atoms with E-state index in [9.17, 15) is 22.4 Å². The Morgan fingerprint density at radius 3 is 2.71 bits per heavy atom. The third-order valence-electron chi connectivity index (χ3n) is 4.05. The molecule has 11 heteroatoms. The molecule has 0 aliphatic carbocycles. The van der Waals surface area contributed by atoms with E-state index in [1.807, 2.05) is 12.1 Å². The molecule has 0 spiro atoms. The first-order valence-electron chi connectivity index (χ1n) is 8.95. The van der Waals surface area contributed by atoms with Crippen LogP contribution in [0.5, 0.6) is 11.5 Å². The number of H-pyrrole nitrogens is 1. The van der Waals surface area contributed by atoms with Crippen LogP contribution in [0, 0.1) is 5.82 Å². The van der Waals surface area contributed by atoms with Crippen LogP contribution < -0.4 is 14.8 Å². The van der Waals surface area contributed by atoms with Crippen LogP contribution in [0.3, 0.4) is 0 Å². The number of aromatic nitrogens is 2. The number of hydrogen-bond acceptors (Lipinski definition) is 4. The molecular formula is C20H16BrF4N3O3. The fraction of sp³-hybridized carbons (Fsp3) is 0.200. The second kappa shape index (κ2) is 9.82. The van der Waals surface area contributed by atoms with Gasteiger partial charge in [0.1, 0.15) is 17.1 Å². The van der Waals surface area contributed by atoms with E-state index >= 15 is 0 Å². The number of carbonyl (C=O) groups excluding carboxylic acids is 1. The first-order valence-corrected chi connectivity index (χ1v) is 9.75. The van der Waals surface area contributed by atoms with Gasteiger partial charge in [-0.25, -0.2) is 4.39 Å². The van der Waals surface area contributed by atoms with Crippen molar-refractivity contribution in [1.82, 2.24) is 15.3 Å². The van der Waals surface area contributed by atoms with Gasteiger partial charge in [0, 0.05) is 23.3 Å². The minimum Gasteiger partial charge on any atom is -0.491 e. The Bertz CT molecular complexity index is 1040. The monoisotopic (exact) mass is 501 g/mol. The van der Waals surface area contributed by atoms with Crippen molar-refractivity contribution in [3.8, 4) is 11.5 Å². The summed E-state index contributed by atoms with van der Waals surface area (Å²) in [4.78, 5) is 19.3. The van der Waals surface area contributed by atoms with E-state index in [1.54, 1.807) is 18.5 Å². The zero-order valence-corrected chi connectivity index (χ0v) is 17.3. The number of amides is 1. The lowest BCUT2D eigenvalue weighted by Crippen LogP contribution is -2.33. The summed E-state index contributed by atoms with van der Waals surface area (Å²) in [6, 6.07) is 9.65. The fourth-order valence-electron chi connectivity index (χ4n) is 2.74. The highest BCUT2D eigenvalue weighted by Crippen LogP contribution is 2.29. The average molecular weight is 502 g/mol. The Balaban J connectivity index is 0.000000196. The van der Waals surface area contributed by atoms with Crippen molar-refractivity contribution in [2.24, 2.45) is 0 Å². The van der Waals surface area contributed by atoms with Gasteiger partial charge in [0.25, 0.3) is 5.91 Å². The Kier molecular flexibility index (Phi) is 7.16. The Labute approximate surface area is 182 Å².